The molecule has 2 heterocycles. The first-order valence-electron chi connectivity index (χ1n) is 7.75. The summed E-state index contributed by atoms with van der Waals surface area (Å²) in [5.74, 6) is 3.71. The molecular formula is C16H24N4S. The molecule has 0 amide bonds. The van der Waals surface area contributed by atoms with Crippen LogP contribution in [0.1, 0.15) is 6.42 Å². The van der Waals surface area contributed by atoms with Gasteiger partial charge in [-0.25, -0.2) is 0 Å². The summed E-state index contributed by atoms with van der Waals surface area (Å²) in [5, 5.41) is 0. The first-order chi connectivity index (χ1) is 10.3. The molecule has 21 heavy (non-hydrogen) atoms. The van der Waals surface area contributed by atoms with Crippen molar-refractivity contribution in [2.45, 2.75) is 6.42 Å². The third-order valence-corrected chi connectivity index (χ3v) is 5.20. The van der Waals surface area contributed by atoms with E-state index in [0.29, 0.717) is 5.92 Å². The van der Waals surface area contributed by atoms with Gasteiger partial charge in [0.15, 0.2) is 5.96 Å². The summed E-state index contributed by atoms with van der Waals surface area (Å²) in [6.45, 7) is 5.17. The van der Waals surface area contributed by atoms with Gasteiger partial charge < -0.3 is 15.5 Å². The Morgan fingerprint density at radius 2 is 1.95 bits per heavy atom. The molecule has 1 unspecified atom stereocenters. The van der Waals surface area contributed by atoms with Gasteiger partial charge in [-0.2, -0.15) is 11.8 Å². The molecule has 2 saturated heterocycles. The van der Waals surface area contributed by atoms with E-state index >= 15 is 0 Å². The Labute approximate surface area is 131 Å². The molecule has 2 N–H and O–H groups in total. The van der Waals surface area contributed by atoms with Crippen molar-refractivity contribution < 1.29 is 0 Å². The van der Waals surface area contributed by atoms with Crippen LogP contribution in [0, 0.1) is 5.92 Å². The van der Waals surface area contributed by atoms with Gasteiger partial charge in [0, 0.05) is 49.9 Å². The highest BCUT2D eigenvalue weighted by Crippen LogP contribution is 2.23. The first kappa shape index (κ1) is 14.6. The fraction of sp³-hybridized carbons (Fsp3) is 0.562. The van der Waals surface area contributed by atoms with E-state index in [4.69, 9.17) is 5.73 Å². The number of benzene rings is 1. The summed E-state index contributed by atoms with van der Waals surface area (Å²) in [7, 11) is 0. The number of rotatable bonds is 3. The normalized spacial score (nSPS) is 23.6. The van der Waals surface area contributed by atoms with Gasteiger partial charge in [0.05, 0.1) is 0 Å². The minimum absolute atomic E-state index is 0.628. The number of aliphatic imine (C=N–C) groups is 1. The Balaban J connectivity index is 1.50. The highest BCUT2D eigenvalue weighted by atomic mass is 32.2. The molecule has 2 aliphatic heterocycles. The summed E-state index contributed by atoms with van der Waals surface area (Å²) in [4.78, 5) is 9.32. The summed E-state index contributed by atoms with van der Waals surface area (Å²) in [6.07, 6.45) is 1.21. The monoisotopic (exact) mass is 304 g/mol. The van der Waals surface area contributed by atoms with Crippen LogP contribution in [0.5, 0.6) is 0 Å². The van der Waals surface area contributed by atoms with Crippen molar-refractivity contribution in [3.05, 3.63) is 30.3 Å². The number of guanidine groups is 1. The lowest BCUT2D eigenvalue weighted by Gasteiger charge is -2.27. The van der Waals surface area contributed by atoms with Crippen molar-refractivity contribution in [1.29, 1.82) is 0 Å². The van der Waals surface area contributed by atoms with Crippen molar-refractivity contribution in [2.24, 2.45) is 16.6 Å². The fourth-order valence-electron chi connectivity index (χ4n) is 2.97. The van der Waals surface area contributed by atoms with Crippen molar-refractivity contribution in [3.8, 4) is 0 Å². The van der Waals surface area contributed by atoms with Crippen LogP contribution in [-0.4, -0.2) is 55.1 Å². The minimum atomic E-state index is 0.628. The Bertz CT molecular complexity index is 470. The zero-order valence-corrected chi connectivity index (χ0v) is 13.3. The van der Waals surface area contributed by atoms with Crippen LogP contribution in [0.15, 0.2) is 35.3 Å². The molecule has 4 nitrogen and oxygen atoms in total. The molecule has 0 aromatic heterocycles. The highest BCUT2D eigenvalue weighted by molar-refractivity contribution is 7.99. The maximum absolute atomic E-state index is 6.13. The second-order valence-corrected chi connectivity index (χ2v) is 6.96. The number of hydrogen-bond acceptors (Lipinski definition) is 3. The van der Waals surface area contributed by atoms with E-state index in [9.17, 15) is 0 Å². The van der Waals surface area contributed by atoms with Crippen molar-refractivity contribution in [3.63, 3.8) is 0 Å². The number of nitrogens with zero attached hydrogens (tertiary/aromatic N) is 3. The van der Waals surface area contributed by atoms with Crippen LogP contribution < -0.4 is 10.6 Å². The molecule has 1 aromatic rings. The number of para-hydroxylation sites is 1. The van der Waals surface area contributed by atoms with Gasteiger partial charge in [0.25, 0.3) is 0 Å². The summed E-state index contributed by atoms with van der Waals surface area (Å²) in [6, 6.07) is 10.6. The van der Waals surface area contributed by atoms with Gasteiger partial charge in [0.1, 0.15) is 0 Å². The average molecular weight is 304 g/mol. The Hall–Kier alpha value is -1.36. The molecule has 0 spiro atoms. The molecule has 5 heteroatoms. The van der Waals surface area contributed by atoms with Crippen LogP contribution in [0.25, 0.3) is 0 Å². The maximum Gasteiger partial charge on any atom is 0.191 e. The predicted octanol–water partition coefficient (Wildman–Crippen LogP) is 1.88. The van der Waals surface area contributed by atoms with Gasteiger partial charge in [-0.15, -0.1) is 0 Å². The van der Waals surface area contributed by atoms with E-state index in [1.165, 1.54) is 23.6 Å². The zero-order chi connectivity index (χ0) is 14.5. The summed E-state index contributed by atoms with van der Waals surface area (Å²) < 4.78 is 0. The first-order valence-corrected chi connectivity index (χ1v) is 8.91. The summed E-state index contributed by atoms with van der Waals surface area (Å²) in [5.41, 5.74) is 7.45. The molecule has 2 fully saturated rings. The average Bonchev–Trinajstić information content (AvgIpc) is 3.03. The lowest BCUT2D eigenvalue weighted by atomic mass is 10.1. The third kappa shape index (κ3) is 3.84. The van der Waals surface area contributed by atoms with E-state index in [-0.39, 0.29) is 0 Å². The maximum atomic E-state index is 6.13. The number of nitrogens with two attached hydrogens (primary N) is 1. The van der Waals surface area contributed by atoms with Crippen LogP contribution in [0.2, 0.25) is 0 Å². The minimum Gasteiger partial charge on any atom is -0.371 e. The molecule has 114 valence electrons. The Morgan fingerprint density at radius 1 is 1.19 bits per heavy atom. The van der Waals surface area contributed by atoms with Crippen molar-refractivity contribution >= 4 is 23.4 Å². The van der Waals surface area contributed by atoms with Crippen LogP contribution in [-0.2, 0) is 0 Å². The van der Waals surface area contributed by atoms with E-state index in [0.717, 1.165) is 38.7 Å². The lowest BCUT2D eigenvalue weighted by Crippen LogP contribution is -2.43. The second-order valence-electron chi connectivity index (χ2n) is 5.73. The molecule has 0 bridgehead atoms. The molecule has 2 aliphatic rings. The van der Waals surface area contributed by atoms with Crippen LogP contribution in [0.3, 0.4) is 0 Å². The fourth-order valence-corrected chi connectivity index (χ4v) is 3.87. The van der Waals surface area contributed by atoms with E-state index in [2.05, 4.69) is 45.1 Å². The standard InChI is InChI=1S/C16H24N4S/c17-16(19-8-10-21-11-9-19)18-12-14-6-7-20(13-14)15-4-2-1-3-5-15/h1-5,14H,6-13H2,(H2,17,18). The highest BCUT2D eigenvalue weighted by Gasteiger charge is 2.22. The molecule has 0 saturated carbocycles. The quantitative estimate of drug-likeness (QED) is 0.684. The largest absolute Gasteiger partial charge is 0.371 e. The van der Waals surface area contributed by atoms with Crippen LogP contribution >= 0.6 is 11.8 Å². The lowest BCUT2D eigenvalue weighted by molar-refractivity contribution is 0.452. The predicted molar refractivity (Wildman–Crippen MR) is 92.1 cm³/mol. The van der Waals surface area contributed by atoms with Crippen molar-refractivity contribution in [1.82, 2.24) is 4.90 Å². The van der Waals surface area contributed by atoms with Gasteiger partial charge in [-0.05, 0) is 24.5 Å². The molecule has 0 radical (unpaired) electrons. The van der Waals surface area contributed by atoms with Gasteiger partial charge in [0.2, 0.25) is 0 Å². The molecule has 3 rings (SSSR count). The van der Waals surface area contributed by atoms with E-state index < -0.39 is 0 Å². The van der Waals surface area contributed by atoms with Crippen LogP contribution in [0.4, 0.5) is 5.69 Å². The second kappa shape index (κ2) is 7.07. The Kier molecular flexibility index (Phi) is 4.91. The molecule has 1 atom stereocenters. The van der Waals surface area contributed by atoms with Gasteiger partial charge in [-0.1, -0.05) is 18.2 Å². The summed E-state index contributed by atoms with van der Waals surface area (Å²) >= 11 is 2.00. The molecular weight excluding hydrogens is 280 g/mol. The SMILES string of the molecule is NC(=NCC1CCN(c2ccccc2)C1)N1CCSCC1. The third-order valence-electron chi connectivity index (χ3n) is 4.25. The molecule has 1 aromatic carbocycles. The topological polar surface area (TPSA) is 44.9 Å². The molecule has 0 aliphatic carbocycles. The van der Waals surface area contributed by atoms with E-state index in [1.807, 2.05) is 11.8 Å². The smallest absolute Gasteiger partial charge is 0.191 e. The Morgan fingerprint density at radius 3 is 2.71 bits per heavy atom. The van der Waals surface area contributed by atoms with Gasteiger partial charge >= 0.3 is 0 Å². The zero-order valence-electron chi connectivity index (χ0n) is 12.4. The van der Waals surface area contributed by atoms with Crippen molar-refractivity contribution in [2.75, 3.05) is 49.1 Å². The number of hydrogen-bond donors (Lipinski definition) is 1. The van der Waals surface area contributed by atoms with E-state index in [1.54, 1.807) is 0 Å². The van der Waals surface area contributed by atoms with Gasteiger partial charge in [-0.3, -0.25) is 4.99 Å². The number of thioether (sulfide) groups is 1. The number of anilines is 1.